The molecule has 0 bridgehead atoms. The van der Waals surface area contributed by atoms with Gasteiger partial charge < -0.3 is 4.57 Å². The fourth-order valence-electron chi connectivity index (χ4n) is 2.60. The van der Waals surface area contributed by atoms with Gasteiger partial charge in [-0.3, -0.25) is 9.59 Å². The molecule has 1 heterocycles. The molecule has 0 saturated carbocycles. The Morgan fingerprint density at radius 1 is 1.12 bits per heavy atom. The summed E-state index contributed by atoms with van der Waals surface area (Å²) in [6, 6.07) is 15.5. The van der Waals surface area contributed by atoms with Gasteiger partial charge in [0.25, 0.3) is 5.56 Å². The Bertz CT molecular complexity index is 1120. The van der Waals surface area contributed by atoms with Crippen molar-refractivity contribution in [1.29, 1.82) is 0 Å². The van der Waals surface area contributed by atoms with E-state index < -0.39 is 0 Å². The van der Waals surface area contributed by atoms with Gasteiger partial charge in [0.2, 0.25) is 0 Å². The molecule has 132 valence electrons. The lowest BCUT2D eigenvalue weighted by atomic mass is 10.1. The van der Waals surface area contributed by atoms with E-state index in [-0.39, 0.29) is 11.3 Å². The van der Waals surface area contributed by atoms with Crippen LogP contribution in [0.4, 0.5) is 0 Å². The van der Waals surface area contributed by atoms with Crippen molar-refractivity contribution in [3.8, 4) is 0 Å². The van der Waals surface area contributed by atoms with Gasteiger partial charge >= 0.3 is 0 Å². The molecule has 0 aliphatic carbocycles. The van der Waals surface area contributed by atoms with Gasteiger partial charge in [-0.05, 0) is 42.5 Å². The molecule has 0 fully saturated rings. The highest BCUT2D eigenvalue weighted by molar-refractivity contribution is 7.98. The summed E-state index contributed by atoms with van der Waals surface area (Å²) >= 11 is 3.01. The van der Waals surface area contributed by atoms with Crippen LogP contribution in [0.25, 0.3) is 12.2 Å². The number of aryl methyl sites for hydroxylation is 1. The third-order valence-corrected chi connectivity index (χ3v) is 6.00. The predicted molar refractivity (Wildman–Crippen MR) is 111 cm³/mol. The van der Waals surface area contributed by atoms with E-state index in [0.717, 1.165) is 11.1 Å². The minimum atomic E-state index is -0.0900. The highest BCUT2D eigenvalue weighted by Crippen LogP contribution is 2.15. The summed E-state index contributed by atoms with van der Waals surface area (Å²) in [5, 5.41) is 0. The van der Waals surface area contributed by atoms with Gasteiger partial charge in [-0.15, -0.1) is 23.1 Å². The lowest BCUT2D eigenvalue weighted by molar-refractivity contribution is 0.106. The molecule has 5 heteroatoms. The Kier molecular flexibility index (Phi) is 5.59. The lowest BCUT2D eigenvalue weighted by Crippen LogP contribution is -2.29. The zero-order valence-corrected chi connectivity index (χ0v) is 16.5. The van der Waals surface area contributed by atoms with Crippen molar-refractivity contribution in [2.45, 2.75) is 11.8 Å². The molecule has 0 N–H and O–H groups in total. The van der Waals surface area contributed by atoms with Crippen LogP contribution in [0.3, 0.4) is 0 Å². The van der Waals surface area contributed by atoms with Crippen LogP contribution in [0.1, 0.15) is 21.5 Å². The third kappa shape index (κ3) is 3.89. The first-order valence-electron chi connectivity index (χ1n) is 8.13. The van der Waals surface area contributed by atoms with E-state index in [9.17, 15) is 9.59 Å². The smallest absolute Gasteiger partial charge is 0.268 e. The van der Waals surface area contributed by atoms with E-state index in [2.05, 4.69) is 0 Å². The van der Waals surface area contributed by atoms with Gasteiger partial charge in [0.1, 0.15) is 4.66 Å². The molecule has 3 aromatic rings. The van der Waals surface area contributed by atoms with Crippen molar-refractivity contribution < 1.29 is 4.79 Å². The highest BCUT2D eigenvalue weighted by Gasteiger charge is 2.07. The second-order valence-electron chi connectivity index (χ2n) is 5.91. The second-order valence-corrected chi connectivity index (χ2v) is 7.85. The first-order valence-corrected chi connectivity index (χ1v) is 10.2. The van der Waals surface area contributed by atoms with Crippen LogP contribution in [0.5, 0.6) is 0 Å². The van der Waals surface area contributed by atoms with E-state index in [4.69, 9.17) is 0 Å². The van der Waals surface area contributed by atoms with Crippen molar-refractivity contribution in [2.75, 3.05) is 6.26 Å². The van der Waals surface area contributed by atoms with Crippen LogP contribution in [-0.4, -0.2) is 16.6 Å². The van der Waals surface area contributed by atoms with E-state index in [0.29, 0.717) is 14.8 Å². The Balaban J connectivity index is 2.04. The number of thioether (sulfide) groups is 1. The maximum absolute atomic E-state index is 12.6. The fraction of sp³-hybridized carbons (Fsp3) is 0.143. The number of ketones is 1. The summed E-state index contributed by atoms with van der Waals surface area (Å²) in [5.74, 6) is -0.0872. The molecule has 0 atom stereocenters. The summed E-state index contributed by atoms with van der Waals surface area (Å²) < 4.78 is 2.80. The number of aromatic nitrogens is 1. The summed E-state index contributed by atoms with van der Waals surface area (Å²) in [4.78, 5) is 26.2. The lowest BCUT2D eigenvalue weighted by Gasteiger charge is -1.99. The van der Waals surface area contributed by atoms with Gasteiger partial charge in [0.05, 0.1) is 4.53 Å². The van der Waals surface area contributed by atoms with Gasteiger partial charge in [0, 0.05) is 23.6 Å². The molecule has 3 rings (SSSR count). The molecule has 0 aliphatic rings. The molecule has 1 aromatic heterocycles. The zero-order chi connectivity index (χ0) is 18.7. The average molecular weight is 382 g/mol. The number of thiazole rings is 1. The Hall–Kier alpha value is -2.37. The van der Waals surface area contributed by atoms with Crippen molar-refractivity contribution in [2.24, 2.45) is 7.05 Å². The van der Waals surface area contributed by atoms with Crippen LogP contribution in [0, 0.1) is 6.92 Å². The molecular weight excluding hydrogens is 362 g/mol. The first kappa shape index (κ1) is 18.4. The minimum Gasteiger partial charge on any atom is -0.302 e. The van der Waals surface area contributed by atoms with E-state index in [1.54, 1.807) is 31.0 Å². The van der Waals surface area contributed by atoms with Crippen LogP contribution >= 0.6 is 23.1 Å². The van der Waals surface area contributed by atoms with E-state index in [1.165, 1.54) is 20.8 Å². The second kappa shape index (κ2) is 7.89. The monoisotopic (exact) mass is 381 g/mol. The number of benzene rings is 2. The van der Waals surface area contributed by atoms with E-state index in [1.807, 2.05) is 61.7 Å². The quantitative estimate of drug-likeness (QED) is 0.515. The zero-order valence-electron chi connectivity index (χ0n) is 14.9. The number of Topliss-reactive ketones (excluding diaryl/α,β-unsaturated/α-hetero) is 1. The maximum atomic E-state index is 12.6. The summed E-state index contributed by atoms with van der Waals surface area (Å²) in [6.45, 7) is 1.91. The standard InChI is InChI=1S/C21H19NO2S2/c1-14-6-4-5-7-17(14)18(23)13-20-22(2)21(24)19(26-20)12-15-8-10-16(25-3)11-9-15/h4-13H,1-3H3/b19-12+,20-13-. The van der Waals surface area contributed by atoms with Crippen LogP contribution < -0.4 is 14.8 Å². The summed E-state index contributed by atoms with van der Waals surface area (Å²) in [6.07, 6.45) is 5.44. The molecule has 3 nitrogen and oxygen atoms in total. The van der Waals surface area contributed by atoms with Crippen molar-refractivity contribution in [3.63, 3.8) is 0 Å². The predicted octanol–water partition coefficient (Wildman–Crippen LogP) is 2.97. The van der Waals surface area contributed by atoms with Gasteiger partial charge in [-0.2, -0.15) is 0 Å². The number of hydrogen-bond acceptors (Lipinski definition) is 4. The van der Waals surface area contributed by atoms with Crippen LogP contribution in [-0.2, 0) is 7.05 Å². The molecule has 2 aromatic carbocycles. The molecule has 0 radical (unpaired) electrons. The minimum absolute atomic E-state index is 0.0872. The average Bonchev–Trinajstić information content (AvgIpc) is 2.90. The number of rotatable bonds is 4. The largest absolute Gasteiger partial charge is 0.302 e. The summed E-state index contributed by atoms with van der Waals surface area (Å²) in [5.41, 5.74) is 2.47. The molecule has 0 aliphatic heterocycles. The topological polar surface area (TPSA) is 39.1 Å². The van der Waals surface area contributed by atoms with Crippen molar-refractivity contribution >= 4 is 41.0 Å². The number of carbonyl (C=O) groups excluding carboxylic acids is 1. The van der Waals surface area contributed by atoms with Crippen LogP contribution in [0.2, 0.25) is 0 Å². The molecular formula is C21H19NO2S2. The van der Waals surface area contributed by atoms with Gasteiger partial charge in [0.15, 0.2) is 5.78 Å². The molecule has 26 heavy (non-hydrogen) atoms. The van der Waals surface area contributed by atoms with Crippen molar-refractivity contribution in [3.05, 3.63) is 84.8 Å². The van der Waals surface area contributed by atoms with Crippen LogP contribution in [0.15, 0.2) is 58.2 Å². The molecule has 0 unspecified atom stereocenters. The normalized spacial score (nSPS) is 12.6. The number of nitrogens with zero attached hydrogens (tertiary/aromatic N) is 1. The van der Waals surface area contributed by atoms with Gasteiger partial charge in [-0.25, -0.2) is 0 Å². The van der Waals surface area contributed by atoms with Crippen molar-refractivity contribution in [1.82, 2.24) is 4.57 Å². The Morgan fingerprint density at radius 3 is 2.46 bits per heavy atom. The molecule has 0 amide bonds. The van der Waals surface area contributed by atoms with Gasteiger partial charge in [-0.1, -0.05) is 36.4 Å². The fourth-order valence-corrected chi connectivity index (χ4v) is 4.04. The molecule has 0 spiro atoms. The Morgan fingerprint density at radius 2 is 1.81 bits per heavy atom. The molecule has 0 saturated heterocycles. The Labute approximate surface area is 160 Å². The maximum Gasteiger partial charge on any atom is 0.268 e. The first-order chi connectivity index (χ1) is 12.5. The SMILES string of the molecule is CSc1ccc(/C=c2/s/c(=C\C(=O)c3ccccc3C)n(C)c2=O)cc1. The third-order valence-electron chi connectivity index (χ3n) is 4.14. The summed E-state index contributed by atoms with van der Waals surface area (Å²) in [7, 11) is 1.70. The number of hydrogen-bond donors (Lipinski definition) is 0. The number of carbonyl (C=O) groups is 1. The van der Waals surface area contributed by atoms with E-state index >= 15 is 0 Å². The highest BCUT2D eigenvalue weighted by atomic mass is 32.2.